The zero-order valence-electron chi connectivity index (χ0n) is 19.7. The summed E-state index contributed by atoms with van der Waals surface area (Å²) in [7, 11) is 0. The van der Waals surface area contributed by atoms with E-state index in [9.17, 15) is 13.9 Å². The van der Waals surface area contributed by atoms with Gasteiger partial charge in [-0.15, -0.1) is 0 Å². The fourth-order valence-electron chi connectivity index (χ4n) is 4.73. The van der Waals surface area contributed by atoms with Crippen molar-refractivity contribution in [3.05, 3.63) is 81.2 Å². The van der Waals surface area contributed by atoms with E-state index in [2.05, 4.69) is 60.4 Å². The highest BCUT2D eigenvalue weighted by Gasteiger charge is 2.35. The van der Waals surface area contributed by atoms with Crippen LogP contribution in [-0.2, 0) is 17.4 Å². The number of aliphatic hydroxyl groups excluding tert-OH is 1. The Balaban J connectivity index is 1.80. The summed E-state index contributed by atoms with van der Waals surface area (Å²) in [6.45, 7) is 6.78. The minimum Gasteiger partial charge on any atom is -0.391 e. The van der Waals surface area contributed by atoms with Crippen molar-refractivity contribution in [2.24, 2.45) is 5.11 Å². The van der Waals surface area contributed by atoms with Gasteiger partial charge in [0, 0.05) is 23.1 Å². The SMILES string of the molecule is CC(C)(C)c1cccc(C2(NCC(O)C(Cc3cc(F)cc(F)c3)N=[N+]=[N-])CCCCC2)c1. The average molecular weight is 457 g/mol. The minimum absolute atomic E-state index is 0.0260. The first kappa shape index (κ1) is 25.2. The number of aliphatic hydroxyl groups is 1. The lowest BCUT2D eigenvalue weighted by Gasteiger charge is -2.40. The highest BCUT2D eigenvalue weighted by atomic mass is 19.1. The van der Waals surface area contributed by atoms with Crippen LogP contribution in [0, 0.1) is 11.6 Å². The topological polar surface area (TPSA) is 81.0 Å². The first-order chi connectivity index (χ1) is 15.6. The standard InChI is InChI=1S/C26H34F2N4O/c1-25(2,3)19-8-7-9-20(15-19)26(10-5-4-6-11-26)30-17-24(33)23(31-32-29)14-18-12-21(27)16-22(28)13-18/h7-9,12-13,15-16,23-24,30,33H,4-6,10-11,14,17H2,1-3H3. The van der Waals surface area contributed by atoms with E-state index in [1.807, 2.05) is 0 Å². The molecule has 7 heteroatoms. The molecule has 0 radical (unpaired) electrons. The van der Waals surface area contributed by atoms with Crippen LogP contribution in [0.2, 0.25) is 0 Å². The van der Waals surface area contributed by atoms with Gasteiger partial charge in [0.25, 0.3) is 0 Å². The number of benzene rings is 2. The second kappa shape index (κ2) is 10.6. The molecule has 2 N–H and O–H groups in total. The summed E-state index contributed by atoms with van der Waals surface area (Å²) in [5, 5.41) is 18.2. The summed E-state index contributed by atoms with van der Waals surface area (Å²) in [6.07, 6.45) is 4.31. The number of nitrogens with one attached hydrogen (secondary N) is 1. The lowest BCUT2D eigenvalue weighted by Crippen LogP contribution is -2.49. The van der Waals surface area contributed by atoms with Crippen molar-refractivity contribution in [2.45, 2.75) is 82.4 Å². The Morgan fingerprint density at radius 2 is 1.76 bits per heavy atom. The third-order valence-corrected chi connectivity index (χ3v) is 6.65. The van der Waals surface area contributed by atoms with Crippen LogP contribution in [-0.4, -0.2) is 23.8 Å². The van der Waals surface area contributed by atoms with E-state index in [0.29, 0.717) is 5.56 Å². The second-order valence-corrected chi connectivity index (χ2v) is 10.2. The van der Waals surface area contributed by atoms with Gasteiger partial charge in [0.2, 0.25) is 0 Å². The first-order valence-electron chi connectivity index (χ1n) is 11.7. The Labute approximate surface area is 194 Å². The van der Waals surface area contributed by atoms with Crippen LogP contribution in [0.5, 0.6) is 0 Å². The Morgan fingerprint density at radius 3 is 2.36 bits per heavy atom. The number of azide groups is 1. The fourth-order valence-corrected chi connectivity index (χ4v) is 4.73. The summed E-state index contributed by atoms with van der Waals surface area (Å²) in [6, 6.07) is 11.0. The molecule has 0 heterocycles. The van der Waals surface area contributed by atoms with Crippen LogP contribution in [0.15, 0.2) is 47.6 Å². The monoisotopic (exact) mass is 456 g/mol. The molecule has 0 bridgehead atoms. The number of hydrogen-bond acceptors (Lipinski definition) is 3. The molecule has 178 valence electrons. The predicted octanol–water partition coefficient (Wildman–Crippen LogP) is 6.29. The van der Waals surface area contributed by atoms with Crippen molar-refractivity contribution in [2.75, 3.05) is 6.54 Å². The van der Waals surface area contributed by atoms with E-state index in [1.165, 1.54) is 29.7 Å². The van der Waals surface area contributed by atoms with E-state index < -0.39 is 23.8 Å². The molecule has 5 nitrogen and oxygen atoms in total. The number of halogens is 2. The van der Waals surface area contributed by atoms with Crippen molar-refractivity contribution in [1.82, 2.24) is 5.32 Å². The van der Waals surface area contributed by atoms with Crippen molar-refractivity contribution in [1.29, 1.82) is 0 Å². The molecule has 3 rings (SSSR count). The first-order valence-corrected chi connectivity index (χ1v) is 11.7. The molecule has 0 saturated heterocycles. The zero-order chi connectivity index (χ0) is 24.1. The normalized spacial score (nSPS) is 17.8. The van der Waals surface area contributed by atoms with Gasteiger partial charge in [-0.1, -0.05) is 69.4 Å². The number of hydrogen-bond donors (Lipinski definition) is 2. The zero-order valence-corrected chi connectivity index (χ0v) is 19.7. The molecule has 0 aromatic heterocycles. The van der Waals surface area contributed by atoms with E-state index in [1.54, 1.807) is 0 Å². The third-order valence-electron chi connectivity index (χ3n) is 6.65. The summed E-state index contributed by atoms with van der Waals surface area (Å²) in [4.78, 5) is 2.86. The van der Waals surface area contributed by atoms with Gasteiger partial charge in [0.05, 0.1) is 12.1 Å². The molecule has 1 aliphatic rings. The maximum Gasteiger partial charge on any atom is 0.126 e. The van der Waals surface area contributed by atoms with Crippen LogP contribution in [0.4, 0.5) is 8.78 Å². The van der Waals surface area contributed by atoms with Gasteiger partial charge in [0.1, 0.15) is 11.6 Å². The van der Waals surface area contributed by atoms with Gasteiger partial charge >= 0.3 is 0 Å². The van der Waals surface area contributed by atoms with Crippen molar-refractivity contribution in [3.63, 3.8) is 0 Å². The number of rotatable bonds is 8. The average Bonchev–Trinajstić information content (AvgIpc) is 2.77. The lowest BCUT2D eigenvalue weighted by molar-refractivity contribution is 0.116. The molecular formula is C26H34F2N4O. The predicted molar refractivity (Wildman–Crippen MR) is 127 cm³/mol. The van der Waals surface area contributed by atoms with Crippen LogP contribution >= 0.6 is 0 Å². The molecule has 1 fully saturated rings. The van der Waals surface area contributed by atoms with Gasteiger partial charge in [-0.2, -0.15) is 0 Å². The molecular weight excluding hydrogens is 422 g/mol. The van der Waals surface area contributed by atoms with E-state index in [4.69, 9.17) is 5.53 Å². The second-order valence-electron chi connectivity index (χ2n) is 10.2. The Kier molecular flexibility index (Phi) is 8.11. The van der Waals surface area contributed by atoms with E-state index in [-0.39, 0.29) is 23.9 Å². The van der Waals surface area contributed by atoms with Gasteiger partial charge in [-0.3, -0.25) is 0 Å². The maximum absolute atomic E-state index is 13.6. The van der Waals surface area contributed by atoms with Gasteiger partial charge in [-0.05, 0) is 59.0 Å². The summed E-state index contributed by atoms with van der Waals surface area (Å²) in [5.74, 6) is -1.39. The summed E-state index contributed by atoms with van der Waals surface area (Å²) < 4.78 is 27.2. The molecule has 2 aromatic carbocycles. The Morgan fingerprint density at radius 1 is 1.09 bits per heavy atom. The number of nitrogens with zero attached hydrogens (tertiary/aromatic N) is 3. The van der Waals surface area contributed by atoms with E-state index >= 15 is 0 Å². The smallest absolute Gasteiger partial charge is 0.126 e. The molecule has 1 saturated carbocycles. The molecule has 2 unspecified atom stereocenters. The molecule has 33 heavy (non-hydrogen) atoms. The van der Waals surface area contributed by atoms with Gasteiger partial charge in [0.15, 0.2) is 0 Å². The van der Waals surface area contributed by atoms with Crippen molar-refractivity contribution >= 4 is 0 Å². The quantitative estimate of drug-likeness (QED) is 0.278. The molecule has 0 spiro atoms. The summed E-state index contributed by atoms with van der Waals surface area (Å²) in [5.41, 5.74) is 11.6. The van der Waals surface area contributed by atoms with Gasteiger partial charge < -0.3 is 10.4 Å². The van der Waals surface area contributed by atoms with Crippen LogP contribution in [0.3, 0.4) is 0 Å². The molecule has 1 aliphatic carbocycles. The highest BCUT2D eigenvalue weighted by molar-refractivity contribution is 5.34. The lowest BCUT2D eigenvalue weighted by atomic mass is 9.74. The molecule has 0 amide bonds. The Hall–Kier alpha value is -2.47. The van der Waals surface area contributed by atoms with Crippen LogP contribution in [0.1, 0.15) is 69.6 Å². The van der Waals surface area contributed by atoms with E-state index in [0.717, 1.165) is 31.7 Å². The maximum atomic E-state index is 13.6. The molecule has 2 aromatic rings. The minimum atomic E-state index is -1.00. The van der Waals surface area contributed by atoms with Crippen molar-refractivity contribution < 1.29 is 13.9 Å². The molecule has 2 atom stereocenters. The summed E-state index contributed by atoms with van der Waals surface area (Å²) >= 11 is 0. The largest absolute Gasteiger partial charge is 0.391 e. The van der Waals surface area contributed by atoms with Crippen LogP contribution in [0.25, 0.3) is 10.4 Å². The highest BCUT2D eigenvalue weighted by Crippen LogP contribution is 2.38. The Bertz CT molecular complexity index is 972. The van der Waals surface area contributed by atoms with Gasteiger partial charge in [-0.25, -0.2) is 8.78 Å². The third kappa shape index (κ3) is 6.53. The van der Waals surface area contributed by atoms with Crippen molar-refractivity contribution in [3.8, 4) is 0 Å². The van der Waals surface area contributed by atoms with Crippen LogP contribution < -0.4 is 5.32 Å². The fraction of sp³-hybridized carbons (Fsp3) is 0.538. The molecule has 0 aliphatic heterocycles.